The molecule has 0 bridgehead atoms. The maximum atomic E-state index is 13.0. The summed E-state index contributed by atoms with van der Waals surface area (Å²) in [5, 5.41) is 2.90. The van der Waals surface area contributed by atoms with Crippen molar-refractivity contribution in [2.45, 2.75) is 13.0 Å². The SMILES string of the molecule is CCOC(=O)C1=C(c2ccccc2)N(C)C(=O)NC1c1cc(Br)ccc1OC. The molecule has 1 atom stereocenters. The fourth-order valence-corrected chi connectivity index (χ4v) is 3.62. The normalized spacial score (nSPS) is 16.6. The second-order valence-electron chi connectivity index (χ2n) is 6.18. The third-order valence-electron chi connectivity index (χ3n) is 4.50. The van der Waals surface area contributed by atoms with Gasteiger partial charge in [-0.25, -0.2) is 9.59 Å². The van der Waals surface area contributed by atoms with E-state index in [9.17, 15) is 9.59 Å². The zero-order chi connectivity index (χ0) is 20.3. The molecular weight excluding hydrogens is 424 g/mol. The van der Waals surface area contributed by atoms with E-state index in [2.05, 4.69) is 21.2 Å². The van der Waals surface area contributed by atoms with E-state index < -0.39 is 12.0 Å². The van der Waals surface area contributed by atoms with Crippen LogP contribution in [0.4, 0.5) is 4.79 Å². The summed E-state index contributed by atoms with van der Waals surface area (Å²) in [6.07, 6.45) is 0. The fraction of sp³-hybridized carbons (Fsp3) is 0.238. The fourth-order valence-electron chi connectivity index (χ4n) is 3.24. The predicted molar refractivity (Wildman–Crippen MR) is 110 cm³/mol. The lowest BCUT2D eigenvalue weighted by Crippen LogP contribution is -2.46. The molecule has 3 rings (SSSR count). The Morgan fingerprint density at radius 2 is 1.93 bits per heavy atom. The van der Waals surface area contributed by atoms with Crippen LogP contribution >= 0.6 is 15.9 Å². The number of rotatable bonds is 5. The summed E-state index contributed by atoms with van der Waals surface area (Å²) in [7, 11) is 3.18. The van der Waals surface area contributed by atoms with Crippen molar-refractivity contribution in [1.29, 1.82) is 0 Å². The van der Waals surface area contributed by atoms with E-state index in [1.807, 2.05) is 42.5 Å². The monoisotopic (exact) mass is 444 g/mol. The van der Waals surface area contributed by atoms with Crippen LogP contribution in [-0.4, -0.2) is 37.7 Å². The minimum atomic E-state index is -0.717. The Labute approximate surface area is 172 Å². The number of nitrogens with zero attached hydrogens (tertiary/aromatic N) is 1. The van der Waals surface area contributed by atoms with E-state index in [0.29, 0.717) is 22.6 Å². The summed E-state index contributed by atoms with van der Waals surface area (Å²) in [6.45, 7) is 1.98. The molecule has 1 heterocycles. The zero-order valence-electron chi connectivity index (χ0n) is 15.9. The number of methoxy groups -OCH3 is 1. The average Bonchev–Trinajstić information content (AvgIpc) is 2.70. The van der Waals surface area contributed by atoms with Crippen LogP contribution in [0.15, 0.2) is 58.6 Å². The van der Waals surface area contributed by atoms with E-state index in [1.165, 1.54) is 4.90 Å². The van der Waals surface area contributed by atoms with Gasteiger partial charge in [-0.3, -0.25) is 4.90 Å². The Kier molecular flexibility index (Phi) is 6.04. The number of carbonyl (C=O) groups is 2. The van der Waals surface area contributed by atoms with Crippen molar-refractivity contribution < 1.29 is 19.1 Å². The summed E-state index contributed by atoms with van der Waals surface area (Å²) >= 11 is 3.46. The van der Waals surface area contributed by atoms with Crippen LogP contribution in [0.25, 0.3) is 5.70 Å². The molecule has 0 radical (unpaired) electrons. The second-order valence-corrected chi connectivity index (χ2v) is 7.09. The van der Waals surface area contributed by atoms with Crippen LogP contribution in [0, 0.1) is 0 Å². The van der Waals surface area contributed by atoms with Crippen LogP contribution in [0.2, 0.25) is 0 Å². The summed E-state index contributed by atoms with van der Waals surface area (Å²) in [5.74, 6) is 0.0764. The maximum absolute atomic E-state index is 13.0. The molecule has 0 saturated carbocycles. The minimum Gasteiger partial charge on any atom is -0.496 e. The van der Waals surface area contributed by atoms with E-state index in [1.54, 1.807) is 27.1 Å². The van der Waals surface area contributed by atoms with Crippen molar-refractivity contribution in [3.8, 4) is 5.75 Å². The first-order chi connectivity index (χ1) is 13.5. The molecular formula is C21H21BrN2O4. The van der Waals surface area contributed by atoms with Gasteiger partial charge in [0.15, 0.2) is 0 Å². The molecule has 28 heavy (non-hydrogen) atoms. The summed E-state index contributed by atoms with van der Waals surface area (Å²) in [5.41, 5.74) is 2.28. The Hall–Kier alpha value is -2.80. The molecule has 0 aliphatic carbocycles. The van der Waals surface area contributed by atoms with Crippen LogP contribution in [-0.2, 0) is 9.53 Å². The molecule has 2 aromatic carbocycles. The Balaban J connectivity index is 2.29. The van der Waals surface area contributed by atoms with E-state index in [-0.39, 0.29) is 12.6 Å². The average molecular weight is 445 g/mol. The van der Waals surface area contributed by atoms with Gasteiger partial charge in [-0.05, 0) is 30.7 Å². The van der Waals surface area contributed by atoms with Gasteiger partial charge >= 0.3 is 12.0 Å². The third kappa shape index (κ3) is 3.75. The number of ether oxygens (including phenoxy) is 2. The molecule has 0 fully saturated rings. The van der Waals surface area contributed by atoms with Crippen LogP contribution in [0.5, 0.6) is 5.75 Å². The maximum Gasteiger partial charge on any atom is 0.338 e. The minimum absolute atomic E-state index is 0.227. The molecule has 146 valence electrons. The van der Waals surface area contributed by atoms with E-state index in [4.69, 9.17) is 9.47 Å². The molecule has 6 nitrogen and oxygen atoms in total. The van der Waals surface area contributed by atoms with Gasteiger partial charge in [0.2, 0.25) is 0 Å². The molecule has 7 heteroatoms. The zero-order valence-corrected chi connectivity index (χ0v) is 17.4. The number of amides is 2. The van der Waals surface area contributed by atoms with Gasteiger partial charge in [-0.15, -0.1) is 0 Å². The molecule has 2 amide bonds. The highest BCUT2D eigenvalue weighted by Gasteiger charge is 2.38. The molecule has 1 aliphatic heterocycles. The highest BCUT2D eigenvalue weighted by Crippen LogP contribution is 2.39. The second kappa shape index (κ2) is 8.48. The van der Waals surface area contributed by atoms with Gasteiger partial charge in [0, 0.05) is 17.1 Å². The lowest BCUT2D eigenvalue weighted by atomic mass is 9.91. The summed E-state index contributed by atoms with van der Waals surface area (Å²) < 4.78 is 11.6. The number of benzene rings is 2. The molecule has 0 saturated heterocycles. The smallest absolute Gasteiger partial charge is 0.338 e. The number of esters is 1. The van der Waals surface area contributed by atoms with E-state index in [0.717, 1.165) is 10.0 Å². The van der Waals surface area contributed by atoms with Crippen LogP contribution in [0.1, 0.15) is 24.1 Å². The van der Waals surface area contributed by atoms with E-state index >= 15 is 0 Å². The summed E-state index contributed by atoms with van der Waals surface area (Å²) in [4.78, 5) is 27.2. The largest absolute Gasteiger partial charge is 0.496 e. The Morgan fingerprint density at radius 1 is 1.21 bits per heavy atom. The molecule has 0 spiro atoms. The number of halogens is 1. The number of hydrogen-bond donors (Lipinski definition) is 1. The van der Waals surface area contributed by atoms with Gasteiger partial charge in [0.25, 0.3) is 0 Å². The van der Waals surface area contributed by atoms with Crippen molar-refractivity contribution in [3.63, 3.8) is 0 Å². The first kappa shape index (κ1) is 19.9. The highest BCUT2D eigenvalue weighted by molar-refractivity contribution is 9.10. The predicted octanol–water partition coefficient (Wildman–Crippen LogP) is 4.13. The van der Waals surface area contributed by atoms with Crippen molar-refractivity contribution in [2.75, 3.05) is 20.8 Å². The number of urea groups is 1. The summed E-state index contributed by atoms with van der Waals surface area (Å²) in [6, 6.07) is 13.7. The molecule has 0 aromatic heterocycles. The van der Waals surface area contributed by atoms with Crippen molar-refractivity contribution in [1.82, 2.24) is 10.2 Å². The molecule has 1 N–H and O–H groups in total. The molecule has 2 aromatic rings. The standard InChI is InChI=1S/C21H21BrN2O4/c1-4-28-20(25)17-18(15-12-14(22)10-11-16(15)27-3)23-21(26)24(2)19(17)13-8-6-5-7-9-13/h5-12,18H,4H2,1-3H3,(H,23,26). The van der Waals surface area contributed by atoms with Gasteiger partial charge in [-0.1, -0.05) is 46.3 Å². The van der Waals surface area contributed by atoms with Crippen molar-refractivity contribution in [2.24, 2.45) is 0 Å². The lowest BCUT2D eigenvalue weighted by Gasteiger charge is -2.35. The lowest BCUT2D eigenvalue weighted by molar-refractivity contribution is -0.138. The molecule has 1 unspecified atom stereocenters. The number of nitrogens with one attached hydrogen (secondary N) is 1. The van der Waals surface area contributed by atoms with Crippen LogP contribution < -0.4 is 10.1 Å². The van der Waals surface area contributed by atoms with Gasteiger partial charge in [0.1, 0.15) is 5.75 Å². The van der Waals surface area contributed by atoms with Gasteiger partial charge in [0.05, 0.1) is 31.0 Å². The van der Waals surface area contributed by atoms with Crippen LogP contribution in [0.3, 0.4) is 0 Å². The highest BCUT2D eigenvalue weighted by atomic mass is 79.9. The van der Waals surface area contributed by atoms with Gasteiger partial charge < -0.3 is 14.8 Å². The third-order valence-corrected chi connectivity index (χ3v) is 4.99. The molecule has 1 aliphatic rings. The number of hydrogen-bond acceptors (Lipinski definition) is 4. The van der Waals surface area contributed by atoms with Crippen molar-refractivity contribution >= 4 is 33.6 Å². The van der Waals surface area contributed by atoms with Gasteiger partial charge in [-0.2, -0.15) is 0 Å². The number of carbonyl (C=O) groups excluding carboxylic acids is 2. The topological polar surface area (TPSA) is 67.9 Å². The van der Waals surface area contributed by atoms with Crippen molar-refractivity contribution in [3.05, 3.63) is 69.7 Å². The first-order valence-electron chi connectivity index (χ1n) is 8.82. The Bertz CT molecular complexity index is 927. The first-order valence-corrected chi connectivity index (χ1v) is 9.61. The quantitative estimate of drug-likeness (QED) is 0.703. The Morgan fingerprint density at radius 3 is 2.57 bits per heavy atom.